The molecule has 1 atom stereocenters. The summed E-state index contributed by atoms with van der Waals surface area (Å²) in [6.45, 7) is 4.25. The molecule has 0 bridgehead atoms. The first-order valence-corrected chi connectivity index (χ1v) is 5.91. The lowest BCUT2D eigenvalue weighted by Crippen LogP contribution is -2.32. The Hall–Kier alpha value is -0.380. The fourth-order valence-electron chi connectivity index (χ4n) is 1.56. The smallest absolute Gasteiger partial charge is 0.0834 e. The van der Waals surface area contributed by atoms with Gasteiger partial charge in [0.15, 0.2) is 0 Å². The fraction of sp³-hybridized carbons (Fsp3) is 0.400. The zero-order chi connectivity index (χ0) is 10.1. The number of nitrogens with one attached hydrogen (secondary N) is 2. The number of aryl methyl sites for hydroxylation is 1. The lowest BCUT2D eigenvalue weighted by atomic mass is 10.1. The van der Waals surface area contributed by atoms with Crippen molar-refractivity contribution < 1.29 is 0 Å². The summed E-state index contributed by atoms with van der Waals surface area (Å²) in [5, 5.41) is 4.23. The summed E-state index contributed by atoms with van der Waals surface area (Å²) in [5.74, 6) is 0. The molecule has 0 aromatic heterocycles. The van der Waals surface area contributed by atoms with Gasteiger partial charge >= 0.3 is 0 Å². The number of anilines is 1. The first kappa shape index (κ1) is 10.1. The second kappa shape index (κ2) is 4.01. The van der Waals surface area contributed by atoms with Crippen LogP contribution in [-0.2, 0) is 6.42 Å². The van der Waals surface area contributed by atoms with E-state index in [-0.39, 0.29) is 0 Å². The number of hydrogen-bond donors (Lipinski definition) is 2. The number of hydrogen-bond acceptors (Lipinski definition) is 3. The molecule has 1 unspecified atom stereocenters. The van der Waals surface area contributed by atoms with Crippen molar-refractivity contribution in [1.29, 1.82) is 0 Å². The van der Waals surface area contributed by atoms with Crippen molar-refractivity contribution >= 4 is 29.2 Å². The van der Waals surface area contributed by atoms with Gasteiger partial charge < -0.3 is 5.32 Å². The van der Waals surface area contributed by atoms with Crippen LogP contribution < -0.4 is 10.0 Å². The molecule has 0 spiro atoms. The van der Waals surface area contributed by atoms with Gasteiger partial charge in [-0.25, -0.2) is 4.72 Å². The van der Waals surface area contributed by atoms with Gasteiger partial charge in [-0.1, -0.05) is 18.5 Å². The molecular weight excluding hydrogens is 216 g/mol. The van der Waals surface area contributed by atoms with Crippen LogP contribution in [0.25, 0.3) is 0 Å². The summed E-state index contributed by atoms with van der Waals surface area (Å²) in [7, 11) is 0. The maximum absolute atomic E-state index is 6.03. The Morgan fingerprint density at radius 1 is 1.50 bits per heavy atom. The van der Waals surface area contributed by atoms with Crippen molar-refractivity contribution in [3.63, 3.8) is 0 Å². The Morgan fingerprint density at radius 2 is 2.29 bits per heavy atom. The number of rotatable bonds is 1. The third kappa shape index (κ3) is 1.85. The zero-order valence-corrected chi connectivity index (χ0v) is 9.80. The average molecular weight is 229 g/mol. The molecule has 1 aliphatic rings. The molecule has 0 fully saturated rings. The molecule has 14 heavy (non-hydrogen) atoms. The van der Waals surface area contributed by atoms with E-state index in [1.807, 2.05) is 12.1 Å². The Bertz CT molecular complexity index is 337. The standard InChI is InChI=1S/C10H13ClN2S/c1-3-7-4-8(11)5-9-10(7)12-6(2)13-14-9/h4-6,12-13H,3H2,1-2H3. The predicted octanol–water partition coefficient (Wildman–Crippen LogP) is 3.27. The van der Waals surface area contributed by atoms with Crippen LogP contribution in [0.15, 0.2) is 17.0 Å². The highest BCUT2D eigenvalue weighted by molar-refractivity contribution is 7.97. The highest BCUT2D eigenvalue weighted by Gasteiger charge is 2.17. The molecule has 4 heteroatoms. The minimum atomic E-state index is 0.305. The van der Waals surface area contributed by atoms with E-state index in [1.54, 1.807) is 11.9 Å². The maximum atomic E-state index is 6.03. The van der Waals surface area contributed by atoms with E-state index in [9.17, 15) is 0 Å². The van der Waals surface area contributed by atoms with Gasteiger partial charge in [0.1, 0.15) is 0 Å². The third-order valence-electron chi connectivity index (χ3n) is 2.24. The van der Waals surface area contributed by atoms with Crippen molar-refractivity contribution in [3.8, 4) is 0 Å². The quantitative estimate of drug-likeness (QED) is 0.722. The first-order valence-electron chi connectivity index (χ1n) is 4.72. The summed E-state index contributed by atoms with van der Waals surface area (Å²) in [6, 6.07) is 4.03. The average Bonchev–Trinajstić information content (AvgIpc) is 2.17. The number of halogens is 1. The van der Waals surface area contributed by atoms with E-state index in [0.717, 1.165) is 11.4 Å². The molecule has 0 aliphatic carbocycles. The minimum Gasteiger partial charge on any atom is -0.368 e. The molecule has 0 saturated heterocycles. The minimum absolute atomic E-state index is 0.305. The highest BCUT2D eigenvalue weighted by atomic mass is 35.5. The van der Waals surface area contributed by atoms with Crippen LogP contribution in [0.3, 0.4) is 0 Å². The number of fused-ring (bicyclic) bond motifs is 1. The molecule has 2 rings (SSSR count). The summed E-state index contributed by atoms with van der Waals surface area (Å²) >= 11 is 7.67. The first-order chi connectivity index (χ1) is 6.70. The van der Waals surface area contributed by atoms with Gasteiger partial charge in [-0.3, -0.25) is 0 Å². The van der Waals surface area contributed by atoms with Crippen molar-refractivity contribution in [1.82, 2.24) is 4.72 Å². The lowest BCUT2D eigenvalue weighted by Gasteiger charge is -2.26. The van der Waals surface area contributed by atoms with Gasteiger partial charge in [0.2, 0.25) is 0 Å². The molecule has 0 saturated carbocycles. The van der Waals surface area contributed by atoms with E-state index in [4.69, 9.17) is 11.6 Å². The topological polar surface area (TPSA) is 24.1 Å². The van der Waals surface area contributed by atoms with Crippen LogP contribution in [-0.4, -0.2) is 6.17 Å². The Kier molecular flexibility index (Phi) is 2.91. The van der Waals surface area contributed by atoms with E-state index < -0.39 is 0 Å². The highest BCUT2D eigenvalue weighted by Crippen LogP contribution is 2.35. The van der Waals surface area contributed by atoms with Crippen LogP contribution in [0.4, 0.5) is 5.69 Å². The van der Waals surface area contributed by atoms with Crippen molar-refractivity contribution in [2.45, 2.75) is 31.3 Å². The molecule has 1 aliphatic heterocycles. The second-order valence-electron chi connectivity index (χ2n) is 3.38. The molecule has 1 heterocycles. The molecule has 2 nitrogen and oxygen atoms in total. The second-order valence-corrected chi connectivity index (χ2v) is 4.69. The van der Waals surface area contributed by atoms with E-state index in [2.05, 4.69) is 23.9 Å². The maximum Gasteiger partial charge on any atom is 0.0834 e. The molecule has 1 aromatic rings. The van der Waals surface area contributed by atoms with Crippen molar-refractivity contribution in [2.75, 3.05) is 5.32 Å². The normalized spacial score (nSPS) is 20.1. The van der Waals surface area contributed by atoms with Crippen molar-refractivity contribution in [2.24, 2.45) is 0 Å². The molecule has 0 radical (unpaired) electrons. The Labute approximate surface area is 93.5 Å². The molecule has 0 amide bonds. The third-order valence-corrected chi connectivity index (χ3v) is 3.47. The van der Waals surface area contributed by atoms with Crippen LogP contribution in [0.1, 0.15) is 19.4 Å². The predicted molar refractivity (Wildman–Crippen MR) is 62.9 cm³/mol. The molecule has 76 valence electrons. The van der Waals surface area contributed by atoms with Crippen LogP contribution in [0, 0.1) is 0 Å². The van der Waals surface area contributed by atoms with E-state index >= 15 is 0 Å². The van der Waals surface area contributed by atoms with Gasteiger partial charge in [0, 0.05) is 9.92 Å². The summed E-state index contributed by atoms with van der Waals surface area (Å²) in [6.07, 6.45) is 1.31. The van der Waals surface area contributed by atoms with Crippen LogP contribution in [0.2, 0.25) is 5.02 Å². The van der Waals surface area contributed by atoms with Crippen LogP contribution >= 0.6 is 23.5 Å². The lowest BCUT2D eigenvalue weighted by molar-refractivity contribution is 0.769. The monoisotopic (exact) mass is 228 g/mol. The summed E-state index contributed by atoms with van der Waals surface area (Å²) < 4.78 is 3.26. The Morgan fingerprint density at radius 3 is 3.00 bits per heavy atom. The van der Waals surface area contributed by atoms with Gasteiger partial charge in [-0.2, -0.15) is 0 Å². The fourth-order valence-corrected chi connectivity index (χ4v) is 2.70. The number of benzene rings is 1. The van der Waals surface area contributed by atoms with Crippen molar-refractivity contribution in [3.05, 3.63) is 22.7 Å². The van der Waals surface area contributed by atoms with E-state index in [1.165, 1.54) is 16.1 Å². The van der Waals surface area contributed by atoms with Crippen LogP contribution in [0.5, 0.6) is 0 Å². The largest absolute Gasteiger partial charge is 0.368 e. The summed E-state index contributed by atoms with van der Waals surface area (Å²) in [4.78, 5) is 1.19. The SMILES string of the molecule is CCc1cc(Cl)cc2c1NC(C)NS2. The molecular formula is C10H13ClN2S. The molecule has 2 N–H and O–H groups in total. The van der Waals surface area contributed by atoms with Gasteiger partial charge in [-0.05, 0) is 43.0 Å². The summed E-state index contributed by atoms with van der Waals surface area (Å²) in [5.41, 5.74) is 2.52. The van der Waals surface area contributed by atoms with Gasteiger partial charge in [0.25, 0.3) is 0 Å². The van der Waals surface area contributed by atoms with Gasteiger partial charge in [-0.15, -0.1) is 0 Å². The Balaban J connectivity index is 2.47. The van der Waals surface area contributed by atoms with E-state index in [0.29, 0.717) is 6.17 Å². The van der Waals surface area contributed by atoms with Gasteiger partial charge in [0.05, 0.1) is 11.9 Å². The zero-order valence-electron chi connectivity index (χ0n) is 8.23. The molecule has 1 aromatic carbocycles.